The van der Waals surface area contributed by atoms with Gasteiger partial charge in [0, 0.05) is 6.07 Å². The Bertz CT molecular complexity index is 640. The summed E-state index contributed by atoms with van der Waals surface area (Å²) in [5.74, 6) is -0.0562. The van der Waals surface area contributed by atoms with Crippen molar-refractivity contribution in [1.29, 1.82) is 0 Å². The number of halogens is 2. The number of nitrogens with one attached hydrogen (secondary N) is 1. The predicted molar refractivity (Wildman–Crippen MR) is 69.9 cm³/mol. The molecule has 2 rings (SSSR count). The number of benzene rings is 1. The van der Waals surface area contributed by atoms with Crippen LogP contribution < -0.4 is 5.56 Å². The molecule has 0 aliphatic heterocycles. The smallest absolute Gasteiger partial charge is 0.258 e. The van der Waals surface area contributed by atoms with E-state index in [1.807, 2.05) is 13.8 Å². The van der Waals surface area contributed by atoms with Gasteiger partial charge in [0.25, 0.3) is 5.56 Å². The van der Waals surface area contributed by atoms with Crippen molar-refractivity contribution < 1.29 is 9.13 Å². The molecule has 0 aliphatic rings. The molecule has 0 radical (unpaired) electrons. The van der Waals surface area contributed by atoms with Crippen LogP contribution in [-0.4, -0.2) is 16.1 Å². The molecule has 1 aromatic carbocycles. The van der Waals surface area contributed by atoms with Crippen LogP contribution in [0.5, 0.6) is 0 Å². The van der Waals surface area contributed by atoms with Gasteiger partial charge in [-0.05, 0) is 35.8 Å². The highest BCUT2D eigenvalue weighted by Gasteiger charge is 2.08. The van der Waals surface area contributed by atoms with Crippen LogP contribution in [0.1, 0.15) is 19.7 Å². The molecule has 0 fully saturated rings. The second kappa shape index (κ2) is 5.16. The molecule has 0 bridgehead atoms. The fraction of sp³-hybridized carbons (Fsp3) is 0.333. The molecule has 1 aromatic heterocycles. The Balaban J connectivity index is 2.48. The summed E-state index contributed by atoms with van der Waals surface area (Å²) in [7, 11) is 0. The molecular formula is C12H12BrFN2O2. The zero-order valence-corrected chi connectivity index (χ0v) is 11.5. The largest absolute Gasteiger partial charge is 0.371 e. The average Bonchev–Trinajstić information content (AvgIpc) is 2.29. The van der Waals surface area contributed by atoms with Crippen molar-refractivity contribution in [3.8, 4) is 0 Å². The van der Waals surface area contributed by atoms with E-state index < -0.39 is 5.82 Å². The van der Waals surface area contributed by atoms with Gasteiger partial charge in [0.2, 0.25) is 0 Å². The molecule has 1 N–H and O–H groups in total. The van der Waals surface area contributed by atoms with Gasteiger partial charge in [0.05, 0.1) is 21.5 Å². The summed E-state index contributed by atoms with van der Waals surface area (Å²) in [5, 5.41) is 0.344. The first-order valence-corrected chi connectivity index (χ1v) is 6.26. The Labute approximate surface area is 111 Å². The highest BCUT2D eigenvalue weighted by atomic mass is 79.9. The number of hydrogen-bond acceptors (Lipinski definition) is 3. The van der Waals surface area contributed by atoms with E-state index in [4.69, 9.17) is 4.74 Å². The van der Waals surface area contributed by atoms with Gasteiger partial charge in [-0.2, -0.15) is 0 Å². The number of nitrogens with zero attached hydrogens (tertiary/aromatic N) is 1. The van der Waals surface area contributed by atoms with Gasteiger partial charge in [-0.3, -0.25) is 4.79 Å². The Morgan fingerprint density at radius 1 is 1.50 bits per heavy atom. The summed E-state index contributed by atoms with van der Waals surface area (Å²) in [4.78, 5) is 18.6. The minimum Gasteiger partial charge on any atom is -0.371 e. The molecule has 96 valence electrons. The first-order chi connectivity index (χ1) is 8.47. The van der Waals surface area contributed by atoms with Crippen LogP contribution in [0.15, 0.2) is 21.4 Å². The first kappa shape index (κ1) is 13.2. The van der Waals surface area contributed by atoms with Crippen LogP contribution >= 0.6 is 15.9 Å². The number of H-pyrrole nitrogens is 1. The fourth-order valence-corrected chi connectivity index (χ4v) is 1.84. The SMILES string of the molecule is CC(C)OCc1nc2cc(F)c(Br)cc2c(=O)[nH]1. The number of hydrogen-bond donors (Lipinski definition) is 1. The minimum atomic E-state index is -0.448. The lowest BCUT2D eigenvalue weighted by Gasteiger charge is -2.07. The average molecular weight is 315 g/mol. The van der Waals surface area contributed by atoms with E-state index in [1.54, 1.807) is 0 Å². The quantitative estimate of drug-likeness (QED) is 0.947. The van der Waals surface area contributed by atoms with Gasteiger partial charge < -0.3 is 9.72 Å². The molecule has 18 heavy (non-hydrogen) atoms. The van der Waals surface area contributed by atoms with Crippen molar-refractivity contribution in [3.63, 3.8) is 0 Å². The Morgan fingerprint density at radius 2 is 2.22 bits per heavy atom. The third-order valence-corrected chi connectivity index (χ3v) is 2.96. The summed E-state index contributed by atoms with van der Waals surface area (Å²) in [5.41, 5.74) is 0.0184. The predicted octanol–water partition coefficient (Wildman–Crippen LogP) is 2.75. The standard InChI is InChI=1S/C12H12BrFN2O2/c1-6(2)18-5-11-15-10-4-9(14)8(13)3-7(10)12(17)16-11/h3-4,6H,5H2,1-2H3,(H,15,16,17). The van der Waals surface area contributed by atoms with E-state index in [9.17, 15) is 9.18 Å². The maximum Gasteiger partial charge on any atom is 0.258 e. The number of fused-ring (bicyclic) bond motifs is 1. The lowest BCUT2D eigenvalue weighted by molar-refractivity contribution is 0.0613. The second-order valence-electron chi connectivity index (χ2n) is 4.16. The van der Waals surface area contributed by atoms with Crippen molar-refractivity contribution in [2.75, 3.05) is 0 Å². The zero-order chi connectivity index (χ0) is 13.3. The molecule has 0 aliphatic carbocycles. The van der Waals surface area contributed by atoms with Gasteiger partial charge in [-0.1, -0.05) is 0 Å². The number of aromatic nitrogens is 2. The molecule has 6 heteroatoms. The van der Waals surface area contributed by atoms with Crippen LogP contribution in [-0.2, 0) is 11.3 Å². The van der Waals surface area contributed by atoms with Crippen LogP contribution in [0, 0.1) is 5.82 Å². The molecule has 2 aromatic rings. The molecule has 4 nitrogen and oxygen atoms in total. The molecule has 1 heterocycles. The highest BCUT2D eigenvalue weighted by Crippen LogP contribution is 2.19. The van der Waals surface area contributed by atoms with Crippen molar-refractivity contribution in [2.45, 2.75) is 26.6 Å². The summed E-state index contributed by atoms with van der Waals surface area (Å²) in [6.07, 6.45) is 0.0349. The summed E-state index contributed by atoms with van der Waals surface area (Å²) in [6.45, 7) is 3.96. The molecule has 0 saturated heterocycles. The van der Waals surface area contributed by atoms with Crippen LogP contribution in [0.2, 0.25) is 0 Å². The van der Waals surface area contributed by atoms with Crippen LogP contribution in [0.4, 0.5) is 4.39 Å². The Hall–Kier alpha value is -1.27. The summed E-state index contributed by atoms with van der Waals surface area (Å²) in [6, 6.07) is 2.65. The lowest BCUT2D eigenvalue weighted by Crippen LogP contribution is -2.14. The Morgan fingerprint density at radius 3 is 2.89 bits per heavy atom. The molecule has 0 saturated carbocycles. The molecule has 0 atom stereocenters. The monoisotopic (exact) mass is 314 g/mol. The third-order valence-electron chi connectivity index (χ3n) is 2.35. The van der Waals surface area contributed by atoms with Crippen molar-refractivity contribution >= 4 is 26.8 Å². The van der Waals surface area contributed by atoms with Crippen LogP contribution in [0.3, 0.4) is 0 Å². The van der Waals surface area contributed by atoms with E-state index in [0.717, 1.165) is 0 Å². The maximum atomic E-state index is 13.4. The van der Waals surface area contributed by atoms with Gasteiger partial charge in [0.15, 0.2) is 0 Å². The first-order valence-electron chi connectivity index (χ1n) is 5.47. The molecule has 0 amide bonds. The van der Waals surface area contributed by atoms with Gasteiger partial charge in [0.1, 0.15) is 18.2 Å². The van der Waals surface area contributed by atoms with E-state index in [-0.39, 0.29) is 22.7 Å². The third kappa shape index (κ3) is 2.76. The summed E-state index contributed by atoms with van der Waals surface area (Å²) < 4.78 is 19.0. The lowest BCUT2D eigenvalue weighted by atomic mass is 10.2. The van der Waals surface area contributed by atoms with Crippen molar-refractivity contribution in [1.82, 2.24) is 9.97 Å². The van der Waals surface area contributed by atoms with Gasteiger partial charge in [-0.25, -0.2) is 9.37 Å². The normalized spacial score (nSPS) is 11.4. The summed E-state index contributed by atoms with van der Waals surface area (Å²) >= 11 is 3.04. The minimum absolute atomic E-state index is 0.0349. The second-order valence-corrected chi connectivity index (χ2v) is 5.01. The number of aromatic amines is 1. The number of ether oxygens (including phenoxy) is 1. The van der Waals surface area contributed by atoms with E-state index >= 15 is 0 Å². The molecular weight excluding hydrogens is 303 g/mol. The maximum absolute atomic E-state index is 13.4. The molecule has 0 spiro atoms. The highest BCUT2D eigenvalue weighted by molar-refractivity contribution is 9.10. The van der Waals surface area contributed by atoms with E-state index in [2.05, 4.69) is 25.9 Å². The fourth-order valence-electron chi connectivity index (χ4n) is 1.50. The van der Waals surface area contributed by atoms with Gasteiger partial charge in [-0.15, -0.1) is 0 Å². The van der Waals surface area contributed by atoms with E-state index in [1.165, 1.54) is 12.1 Å². The topological polar surface area (TPSA) is 55.0 Å². The Kier molecular flexibility index (Phi) is 3.77. The van der Waals surface area contributed by atoms with Crippen molar-refractivity contribution in [3.05, 3.63) is 38.6 Å². The zero-order valence-electron chi connectivity index (χ0n) is 9.96. The molecule has 0 unspecified atom stereocenters. The van der Waals surface area contributed by atoms with Crippen molar-refractivity contribution in [2.24, 2.45) is 0 Å². The number of rotatable bonds is 3. The van der Waals surface area contributed by atoms with Crippen LogP contribution in [0.25, 0.3) is 10.9 Å². The van der Waals surface area contributed by atoms with Gasteiger partial charge >= 0.3 is 0 Å². The van der Waals surface area contributed by atoms with E-state index in [0.29, 0.717) is 16.7 Å².